The lowest BCUT2D eigenvalue weighted by Crippen LogP contribution is -2.38. The van der Waals surface area contributed by atoms with E-state index in [1.165, 1.54) is 7.11 Å². The van der Waals surface area contributed by atoms with Crippen LogP contribution in [0.15, 0.2) is 72.1 Å². The number of aromatic nitrogens is 2. The first-order valence-electron chi connectivity index (χ1n) is 12.5. The molecule has 0 radical (unpaired) electrons. The topological polar surface area (TPSA) is 85.6 Å². The average molecular weight is 495 g/mol. The van der Waals surface area contributed by atoms with Crippen molar-refractivity contribution < 1.29 is 14.3 Å². The van der Waals surface area contributed by atoms with Gasteiger partial charge in [-0.25, -0.2) is 15.2 Å². The van der Waals surface area contributed by atoms with Gasteiger partial charge in [0.1, 0.15) is 6.33 Å². The Morgan fingerprint density at radius 1 is 1.14 bits per heavy atom. The van der Waals surface area contributed by atoms with Crippen LogP contribution in [0.3, 0.4) is 0 Å². The van der Waals surface area contributed by atoms with Crippen molar-refractivity contribution in [2.75, 3.05) is 7.11 Å². The molecule has 4 aromatic rings. The van der Waals surface area contributed by atoms with Crippen molar-refractivity contribution in [2.24, 2.45) is 16.9 Å². The van der Waals surface area contributed by atoms with Crippen LogP contribution in [0.4, 0.5) is 0 Å². The van der Waals surface area contributed by atoms with Crippen LogP contribution in [0.25, 0.3) is 27.8 Å². The van der Waals surface area contributed by atoms with E-state index in [9.17, 15) is 9.59 Å². The first-order chi connectivity index (χ1) is 17.9. The van der Waals surface area contributed by atoms with Crippen molar-refractivity contribution in [3.05, 3.63) is 83.7 Å². The molecule has 5 rings (SSSR count). The molecule has 0 bridgehead atoms. The van der Waals surface area contributed by atoms with Crippen LogP contribution in [0.1, 0.15) is 48.2 Å². The number of rotatable bonds is 6. The van der Waals surface area contributed by atoms with Gasteiger partial charge in [-0.3, -0.25) is 9.36 Å². The van der Waals surface area contributed by atoms with E-state index < -0.39 is 5.97 Å². The SMILES string of the molecule is CCC(C)C1CC(c2ccc3ncn(-c4c(C)ccc(-c5ccccc5)c4C(=O)OC)c3c2)=NNC1=O. The number of carbonyl (C=O) groups excluding carboxylic acids is 2. The molecule has 37 heavy (non-hydrogen) atoms. The fraction of sp³-hybridized carbons (Fsp3) is 0.267. The maximum Gasteiger partial charge on any atom is 0.340 e. The number of esters is 1. The van der Waals surface area contributed by atoms with Gasteiger partial charge >= 0.3 is 5.97 Å². The lowest BCUT2D eigenvalue weighted by atomic mass is 9.84. The van der Waals surface area contributed by atoms with Crippen molar-refractivity contribution in [3.63, 3.8) is 0 Å². The Bertz CT molecular complexity index is 1520. The Morgan fingerprint density at radius 2 is 1.92 bits per heavy atom. The number of benzene rings is 3. The molecule has 3 aromatic carbocycles. The molecule has 1 aliphatic heterocycles. The summed E-state index contributed by atoms with van der Waals surface area (Å²) in [6.07, 6.45) is 3.24. The monoisotopic (exact) mass is 494 g/mol. The molecular formula is C30H30N4O3. The highest BCUT2D eigenvalue weighted by Crippen LogP contribution is 2.34. The number of carbonyl (C=O) groups is 2. The number of hydrazone groups is 1. The van der Waals surface area contributed by atoms with Gasteiger partial charge in [0.25, 0.3) is 0 Å². The minimum atomic E-state index is -0.411. The molecule has 2 atom stereocenters. The number of ether oxygens (including phenoxy) is 1. The van der Waals surface area contributed by atoms with Crippen LogP contribution in [-0.2, 0) is 9.53 Å². The van der Waals surface area contributed by atoms with E-state index >= 15 is 0 Å². The van der Waals surface area contributed by atoms with E-state index in [0.717, 1.165) is 51.1 Å². The van der Waals surface area contributed by atoms with Crippen molar-refractivity contribution >= 4 is 28.6 Å². The summed E-state index contributed by atoms with van der Waals surface area (Å²) in [6.45, 7) is 6.17. The van der Waals surface area contributed by atoms with E-state index in [-0.39, 0.29) is 17.7 Å². The number of imidazole rings is 1. The fourth-order valence-corrected chi connectivity index (χ4v) is 5.02. The summed E-state index contributed by atoms with van der Waals surface area (Å²) in [7, 11) is 1.40. The first kappa shape index (κ1) is 24.4. The average Bonchev–Trinajstić information content (AvgIpc) is 3.35. The van der Waals surface area contributed by atoms with Gasteiger partial charge < -0.3 is 4.74 Å². The maximum atomic E-state index is 13.2. The van der Waals surface area contributed by atoms with Gasteiger partial charge in [0, 0.05) is 12.3 Å². The minimum absolute atomic E-state index is 0.0275. The number of nitrogens with zero attached hydrogens (tertiary/aromatic N) is 3. The zero-order valence-corrected chi connectivity index (χ0v) is 21.5. The third kappa shape index (κ3) is 4.42. The number of methoxy groups -OCH3 is 1. The second-order valence-electron chi connectivity index (χ2n) is 9.56. The Hall–Kier alpha value is -4.26. The van der Waals surface area contributed by atoms with Crippen LogP contribution < -0.4 is 5.43 Å². The van der Waals surface area contributed by atoms with Gasteiger partial charge in [0.15, 0.2) is 0 Å². The Labute approximate surface area is 216 Å². The predicted molar refractivity (Wildman–Crippen MR) is 145 cm³/mol. The number of aryl methyl sites for hydroxylation is 1. The van der Waals surface area contributed by atoms with Crippen LogP contribution >= 0.6 is 0 Å². The second kappa shape index (κ2) is 10.0. The van der Waals surface area contributed by atoms with Crippen molar-refractivity contribution in [1.29, 1.82) is 0 Å². The van der Waals surface area contributed by atoms with Crippen molar-refractivity contribution in [2.45, 2.75) is 33.6 Å². The quantitative estimate of drug-likeness (QED) is 0.350. The van der Waals surface area contributed by atoms with Crippen molar-refractivity contribution in [1.82, 2.24) is 15.0 Å². The predicted octanol–water partition coefficient (Wildman–Crippen LogP) is 5.67. The zero-order valence-electron chi connectivity index (χ0n) is 21.5. The number of hydrogen-bond acceptors (Lipinski definition) is 5. The molecule has 0 spiro atoms. The molecule has 0 saturated carbocycles. The van der Waals surface area contributed by atoms with Crippen LogP contribution in [0.2, 0.25) is 0 Å². The Balaban J connectivity index is 1.67. The summed E-state index contributed by atoms with van der Waals surface area (Å²) in [6, 6.07) is 19.7. The Morgan fingerprint density at radius 3 is 2.65 bits per heavy atom. The highest BCUT2D eigenvalue weighted by Gasteiger charge is 2.30. The molecule has 1 amide bonds. The highest BCUT2D eigenvalue weighted by molar-refractivity contribution is 6.07. The molecule has 0 fully saturated rings. The van der Waals surface area contributed by atoms with E-state index in [4.69, 9.17) is 4.74 Å². The minimum Gasteiger partial charge on any atom is -0.465 e. The van der Waals surface area contributed by atoms with E-state index in [0.29, 0.717) is 12.0 Å². The standard InChI is InChI=1S/C30H30N4O3/c1-5-18(2)23-16-25(32-33-29(23)35)21-12-14-24-26(15-21)34(17-31-24)28-19(3)11-13-22(27(28)30(36)37-4)20-9-7-6-8-10-20/h6-15,17-18,23H,5,16H2,1-4H3,(H,33,35). The summed E-state index contributed by atoms with van der Waals surface area (Å²) in [5.41, 5.74) is 9.96. The summed E-state index contributed by atoms with van der Waals surface area (Å²) < 4.78 is 7.19. The van der Waals surface area contributed by atoms with Crippen LogP contribution in [0, 0.1) is 18.8 Å². The van der Waals surface area contributed by atoms with Gasteiger partial charge in [-0.1, -0.05) is 68.8 Å². The third-order valence-electron chi connectivity index (χ3n) is 7.36. The number of amides is 1. The van der Waals surface area contributed by atoms with E-state index in [1.54, 1.807) is 6.33 Å². The van der Waals surface area contributed by atoms with Gasteiger partial charge in [-0.15, -0.1) is 0 Å². The molecular weight excluding hydrogens is 464 g/mol. The van der Waals surface area contributed by atoms with Crippen LogP contribution in [-0.4, -0.2) is 34.2 Å². The van der Waals surface area contributed by atoms with Gasteiger partial charge in [0.2, 0.25) is 5.91 Å². The molecule has 2 heterocycles. The number of hydrogen-bond donors (Lipinski definition) is 1. The lowest BCUT2D eigenvalue weighted by Gasteiger charge is -2.26. The lowest BCUT2D eigenvalue weighted by molar-refractivity contribution is -0.126. The largest absolute Gasteiger partial charge is 0.465 e. The van der Waals surface area contributed by atoms with Gasteiger partial charge in [0.05, 0.1) is 35.1 Å². The smallest absolute Gasteiger partial charge is 0.340 e. The molecule has 7 nitrogen and oxygen atoms in total. The first-order valence-corrected chi connectivity index (χ1v) is 12.5. The Kier molecular flexibility index (Phi) is 6.61. The molecule has 188 valence electrons. The summed E-state index contributed by atoms with van der Waals surface area (Å²) in [5.74, 6) is -0.300. The molecule has 1 N–H and O–H groups in total. The summed E-state index contributed by atoms with van der Waals surface area (Å²) in [4.78, 5) is 30.2. The number of fused-ring (bicyclic) bond motifs is 1. The normalized spacial score (nSPS) is 16.3. The maximum absolute atomic E-state index is 13.2. The fourth-order valence-electron chi connectivity index (χ4n) is 5.02. The summed E-state index contributed by atoms with van der Waals surface area (Å²) >= 11 is 0. The molecule has 1 aromatic heterocycles. The second-order valence-corrected chi connectivity index (χ2v) is 9.56. The highest BCUT2D eigenvalue weighted by atomic mass is 16.5. The van der Waals surface area contributed by atoms with E-state index in [2.05, 4.69) is 29.4 Å². The molecule has 0 aliphatic carbocycles. The molecule has 1 aliphatic rings. The van der Waals surface area contributed by atoms with E-state index in [1.807, 2.05) is 72.2 Å². The van der Waals surface area contributed by atoms with Gasteiger partial charge in [-0.05, 0) is 47.2 Å². The number of nitrogens with one attached hydrogen (secondary N) is 1. The third-order valence-corrected chi connectivity index (χ3v) is 7.36. The van der Waals surface area contributed by atoms with Crippen LogP contribution in [0.5, 0.6) is 0 Å². The molecule has 0 saturated heterocycles. The van der Waals surface area contributed by atoms with Crippen molar-refractivity contribution in [3.8, 4) is 16.8 Å². The molecule has 7 heteroatoms. The summed E-state index contributed by atoms with van der Waals surface area (Å²) in [5, 5.41) is 4.38. The molecule has 2 unspecified atom stereocenters. The zero-order chi connectivity index (χ0) is 26.1. The van der Waals surface area contributed by atoms with Gasteiger partial charge in [-0.2, -0.15) is 5.10 Å².